The van der Waals surface area contributed by atoms with Crippen molar-refractivity contribution in [1.29, 1.82) is 0 Å². The number of carboxylic acids is 1. The van der Waals surface area contributed by atoms with E-state index in [9.17, 15) is 9.90 Å². The van der Waals surface area contributed by atoms with Crippen LogP contribution in [0.3, 0.4) is 0 Å². The second-order valence-electron chi connectivity index (χ2n) is 4.57. The SMILES string of the molecule is O=C(O)C1CCC2CC21c1[c]nccc1. The number of nitrogens with zero attached hydrogens (tertiary/aromatic N) is 1. The molecule has 1 aromatic rings. The standard InChI is InChI=1S/C12H12NO2/c14-11(15)10-4-3-8-6-12(8,10)9-2-1-5-13-7-9/h1-2,5,8,10H,3-4,6H2,(H,14,15). The van der Waals surface area contributed by atoms with Gasteiger partial charge in [0.2, 0.25) is 0 Å². The summed E-state index contributed by atoms with van der Waals surface area (Å²) in [7, 11) is 0. The summed E-state index contributed by atoms with van der Waals surface area (Å²) in [6.45, 7) is 0. The molecule has 1 aromatic heterocycles. The van der Waals surface area contributed by atoms with Crippen LogP contribution in [-0.4, -0.2) is 16.1 Å². The number of hydrogen-bond acceptors (Lipinski definition) is 2. The molecule has 0 saturated heterocycles. The zero-order valence-electron chi connectivity index (χ0n) is 8.31. The highest BCUT2D eigenvalue weighted by Crippen LogP contribution is 2.67. The molecule has 2 saturated carbocycles. The first-order valence-electron chi connectivity index (χ1n) is 5.31. The van der Waals surface area contributed by atoms with Crippen LogP contribution in [0.2, 0.25) is 0 Å². The second kappa shape index (κ2) is 2.81. The number of carboxylic acid groups (broad SMARTS) is 1. The van der Waals surface area contributed by atoms with E-state index in [0.717, 1.165) is 24.8 Å². The summed E-state index contributed by atoms with van der Waals surface area (Å²) >= 11 is 0. The molecule has 3 heteroatoms. The Balaban J connectivity index is 2.02. The van der Waals surface area contributed by atoms with Gasteiger partial charge in [0.25, 0.3) is 0 Å². The van der Waals surface area contributed by atoms with E-state index < -0.39 is 5.97 Å². The Morgan fingerprint density at radius 2 is 2.47 bits per heavy atom. The first kappa shape index (κ1) is 8.89. The normalized spacial score (nSPS) is 37.3. The number of fused-ring (bicyclic) bond motifs is 1. The first-order valence-corrected chi connectivity index (χ1v) is 5.31. The lowest BCUT2D eigenvalue weighted by molar-refractivity contribution is -0.142. The molecule has 77 valence electrons. The molecule has 3 atom stereocenters. The summed E-state index contributed by atoms with van der Waals surface area (Å²) in [5.74, 6) is -0.325. The van der Waals surface area contributed by atoms with E-state index in [1.165, 1.54) is 0 Å². The molecule has 2 fully saturated rings. The molecule has 3 nitrogen and oxygen atoms in total. The van der Waals surface area contributed by atoms with Gasteiger partial charge in [-0.3, -0.25) is 9.78 Å². The Labute approximate surface area is 88.1 Å². The molecule has 3 rings (SSSR count). The third-order valence-electron chi connectivity index (χ3n) is 3.99. The van der Waals surface area contributed by atoms with Crippen molar-refractivity contribution in [3.63, 3.8) is 0 Å². The highest BCUT2D eigenvalue weighted by atomic mass is 16.4. The Kier molecular flexibility index (Phi) is 1.67. The van der Waals surface area contributed by atoms with Crippen LogP contribution in [0.1, 0.15) is 24.8 Å². The zero-order valence-corrected chi connectivity index (χ0v) is 8.31. The molecule has 0 bridgehead atoms. The maximum atomic E-state index is 11.2. The molecule has 3 unspecified atom stereocenters. The van der Waals surface area contributed by atoms with Gasteiger partial charge in [-0.15, -0.1) is 0 Å². The Bertz CT molecular complexity index is 403. The number of carbonyl (C=O) groups is 1. The highest BCUT2D eigenvalue weighted by Gasteiger charge is 2.65. The molecule has 2 aliphatic rings. The molecule has 0 aliphatic heterocycles. The zero-order chi connectivity index (χ0) is 10.5. The van der Waals surface area contributed by atoms with Crippen LogP contribution in [0.5, 0.6) is 0 Å². The van der Waals surface area contributed by atoms with Crippen LogP contribution >= 0.6 is 0 Å². The van der Waals surface area contributed by atoms with Gasteiger partial charge < -0.3 is 5.11 Å². The van der Waals surface area contributed by atoms with E-state index in [-0.39, 0.29) is 11.3 Å². The summed E-state index contributed by atoms with van der Waals surface area (Å²) in [6.07, 6.45) is 7.50. The molecule has 2 aliphatic carbocycles. The summed E-state index contributed by atoms with van der Waals surface area (Å²) in [4.78, 5) is 15.2. The van der Waals surface area contributed by atoms with Gasteiger partial charge in [-0.1, -0.05) is 6.07 Å². The van der Waals surface area contributed by atoms with Crippen molar-refractivity contribution < 1.29 is 9.90 Å². The third kappa shape index (κ3) is 1.06. The van der Waals surface area contributed by atoms with Crippen molar-refractivity contribution in [2.45, 2.75) is 24.7 Å². The number of aliphatic carboxylic acids is 1. The van der Waals surface area contributed by atoms with E-state index in [4.69, 9.17) is 0 Å². The minimum atomic E-state index is -0.660. The minimum absolute atomic E-state index is 0.125. The molecule has 1 N–H and O–H groups in total. The van der Waals surface area contributed by atoms with Crippen LogP contribution in [0.4, 0.5) is 0 Å². The quantitative estimate of drug-likeness (QED) is 0.793. The van der Waals surface area contributed by atoms with Gasteiger partial charge in [0, 0.05) is 11.6 Å². The van der Waals surface area contributed by atoms with Gasteiger partial charge in [0.15, 0.2) is 0 Å². The van der Waals surface area contributed by atoms with Gasteiger partial charge in [0.05, 0.1) is 12.1 Å². The topological polar surface area (TPSA) is 50.2 Å². The number of aromatic nitrogens is 1. The summed E-state index contributed by atoms with van der Waals surface area (Å²) in [5.41, 5.74) is 0.875. The molecule has 1 radical (unpaired) electrons. The number of rotatable bonds is 2. The van der Waals surface area contributed by atoms with Gasteiger partial charge in [-0.25, -0.2) is 0 Å². The number of pyridine rings is 1. The van der Waals surface area contributed by atoms with Crippen LogP contribution in [0.15, 0.2) is 18.3 Å². The fraction of sp³-hybridized carbons (Fsp3) is 0.500. The lowest BCUT2D eigenvalue weighted by Gasteiger charge is -2.18. The van der Waals surface area contributed by atoms with Gasteiger partial charge in [-0.05, 0) is 36.8 Å². The monoisotopic (exact) mass is 202 g/mol. The lowest BCUT2D eigenvalue weighted by atomic mass is 9.84. The number of hydrogen-bond donors (Lipinski definition) is 1. The predicted octanol–water partition coefficient (Wildman–Crippen LogP) is 1.63. The van der Waals surface area contributed by atoms with Gasteiger partial charge >= 0.3 is 5.97 Å². The molecule has 0 amide bonds. The van der Waals surface area contributed by atoms with Gasteiger partial charge in [0.1, 0.15) is 0 Å². The fourth-order valence-electron chi connectivity index (χ4n) is 3.21. The van der Waals surface area contributed by atoms with E-state index in [1.807, 2.05) is 12.1 Å². The van der Waals surface area contributed by atoms with Crippen molar-refractivity contribution in [3.8, 4) is 0 Å². The van der Waals surface area contributed by atoms with Crippen molar-refractivity contribution in [1.82, 2.24) is 4.98 Å². The Morgan fingerprint density at radius 3 is 3.07 bits per heavy atom. The van der Waals surface area contributed by atoms with Crippen molar-refractivity contribution in [2.24, 2.45) is 11.8 Å². The van der Waals surface area contributed by atoms with Crippen LogP contribution < -0.4 is 0 Å². The van der Waals surface area contributed by atoms with Crippen LogP contribution in [0.25, 0.3) is 0 Å². The molecule has 1 heterocycles. The third-order valence-corrected chi connectivity index (χ3v) is 3.99. The lowest BCUT2D eigenvalue weighted by Crippen LogP contribution is -2.26. The Morgan fingerprint density at radius 1 is 1.60 bits per heavy atom. The van der Waals surface area contributed by atoms with E-state index >= 15 is 0 Å². The van der Waals surface area contributed by atoms with E-state index in [2.05, 4.69) is 11.2 Å². The van der Waals surface area contributed by atoms with Crippen molar-refractivity contribution in [3.05, 3.63) is 30.1 Å². The maximum Gasteiger partial charge on any atom is 0.307 e. The van der Waals surface area contributed by atoms with Crippen LogP contribution in [-0.2, 0) is 10.2 Å². The molecular formula is C12H12NO2. The highest BCUT2D eigenvalue weighted by molar-refractivity contribution is 5.74. The predicted molar refractivity (Wildman–Crippen MR) is 53.2 cm³/mol. The smallest absolute Gasteiger partial charge is 0.307 e. The molecular weight excluding hydrogens is 190 g/mol. The summed E-state index contributed by atoms with van der Waals surface area (Å²) < 4.78 is 0. The first-order chi connectivity index (χ1) is 7.25. The Hall–Kier alpha value is -1.38. The summed E-state index contributed by atoms with van der Waals surface area (Å²) in [6, 6.07) is 3.83. The molecule has 0 aromatic carbocycles. The van der Waals surface area contributed by atoms with E-state index in [1.54, 1.807) is 6.20 Å². The van der Waals surface area contributed by atoms with Crippen LogP contribution in [0, 0.1) is 18.0 Å². The van der Waals surface area contributed by atoms with Gasteiger partial charge in [-0.2, -0.15) is 0 Å². The fourth-order valence-corrected chi connectivity index (χ4v) is 3.21. The second-order valence-corrected chi connectivity index (χ2v) is 4.57. The maximum absolute atomic E-state index is 11.2. The molecule has 15 heavy (non-hydrogen) atoms. The molecule has 0 spiro atoms. The largest absolute Gasteiger partial charge is 0.481 e. The minimum Gasteiger partial charge on any atom is -0.481 e. The van der Waals surface area contributed by atoms with Crippen molar-refractivity contribution >= 4 is 5.97 Å². The summed E-state index contributed by atoms with van der Waals surface area (Å²) in [5, 5.41) is 9.20. The van der Waals surface area contributed by atoms with E-state index in [0.29, 0.717) is 5.92 Å². The average molecular weight is 202 g/mol. The average Bonchev–Trinajstić information content (AvgIpc) is 2.86. The van der Waals surface area contributed by atoms with Crippen molar-refractivity contribution in [2.75, 3.05) is 0 Å².